The van der Waals surface area contributed by atoms with E-state index < -0.39 is 0 Å². The molecule has 0 bridgehead atoms. The van der Waals surface area contributed by atoms with Crippen molar-refractivity contribution < 1.29 is 4.79 Å². The highest BCUT2D eigenvalue weighted by Crippen LogP contribution is 2.41. The molecule has 8 heteroatoms. The van der Waals surface area contributed by atoms with Crippen LogP contribution in [0.4, 0.5) is 0 Å². The van der Waals surface area contributed by atoms with E-state index in [0.29, 0.717) is 11.8 Å². The Hall–Kier alpha value is -2.71. The average Bonchev–Trinajstić information content (AvgIpc) is 3.21. The number of hydrogen-bond donors (Lipinski definition) is 0. The van der Waals surface area contributed by atoms with E-state index in [0.717, 1.165) is 59.3 Å². The molecule has 164 valence electrons. The maximum absolute atomic E-state index is 13.1. The molecule has 1 saturated carbocycles. The van der Waals surface area contributed by atoms with Crippen LogP contribution in [0.1, 0.15) is 45.5 Å². The van der Waals surface area contributed by atoms with Gasteiger partial charge in [-0.25, -0.2) is 0 Å². The lowest BCUT2D eigenvalue weighted by atomic mass is 10.2. The molecule has 1 aliphatic carbocycles. The molecule has 0 unspecified atom stereocenters. The highest BCUT2D eigenvalue weighted by molar-refractivity contribution is 7.99. The molecule has 0 radical (unpaired) electrons. The van der Waals surface area contributed by atoms with Gasteiger partial charge in [-0.05, 0) is 62.8 Å². The van der Waals surface area contributed by atoms with Gasteiger partial charge in [0.05, 0.1) is 5.75 Å². The van der Waals surface area contributed by atoms with Crippen LogP contribution in [0, 0.1) is 13.8 Å². The van der Waals surface area contributed by atoms with Crippen molar-refractivity contribution in [2.24, 2.45) is 0 Å². The maximum Gasteiger partial charge on any atom is 0.192 e. The second kappa shape index (κ2) is 9.03. The molecule has 0 aromatic carbocycles. The zero-order valence-electron chi connectivity index (χ0n) is 18.2. The quantitative estimate of drug-likeness (QED) is 0.247. The number of hydrogen-bond acceptors (Lipinski definition) is 6. The van der Waals surface area contributed by atoms with Gasteiger partial charge in [0.15, 0.2) is 16.8 Å². The fourth-order valence-electron chi connectivity index (χ4n) is 4.04. The molecule has 1 aliphatic rings. The van der Waals surface area contributed by atoms with Crippen LogP contribution in [-0.4, -0.2) is 35.9 Å². The summed E-state index contributed by atoms with van der Waals surface area (Å²) in [5.41, 5.74) is 3.95. The minimum Gasteiger partial charge on any atom is -0.348 e. The molecule has 0 N–H and O–H groups in total. The first kappa shape index (κ1) is 21.2. The van der Waals surface area contributed by atoms with Crippen molar-refractivity contribution in [3.05, 3.63) is 69.9 Å². The lowest BCUT2D eigenvalue weighted by Crippen LogP contribution is -2.08. The summed E-state index contributed by atoms with van der Waals surface area (Å²) >= 11 is 3.26. The molecule has 0 spiro atoms. The van der Waals surface area contributed by atoms with Crippen LogP contribution >= 0.6 is 23.1 Å². The highest BCUT2D eigenvalue weighted by atomic mass is 32.2. The predicted molar refractivity (Wildman–Crippen MR) is 129 cm³/mol. The molecular formula is C24H25N5OS2. The van der Waals surface area contributed by atoms with Gasteiger partial charge in [-0.1, -0.05) is 17.8 Å². The summed E-state index contributed by atoms with van der Waals surface area (Å²) in [7, 11) is 0. The third-order valence-electron chi connectivity index (χ3n) is 5.86. The van der Waals surface area contributed by atoms with E-state index in [1.54, 1.807) is 17.5 Å². The Morgan fingerprint density at radius 1 is 1.22 bits per heavy atom. The Balaban J connectivity index is 1.30. The van der Waals surface area contributed by atoms with Crippen molar-refractivity contribution in [2.45, 2.75) is 50.9 Å². The molecule has 4 aromatic rings. The Kier molecular flexibility index (Phi) is 5.97. The van der Waals surface area contributed by atoms with Gasteiger partial charge in [0, 0.05) is 52.4 Å². The zero-order chi connectivity index (χ0) is 22.1. The molecule has 0 saturated heterocycles. The number of carbonyl (C=O) groups is 1. The third kappa shape index (κ3) is 4.29. The first-order valence-corrected chi connectivity index (χ1v) is 12.7. The lowest BCUT2D eigenvalue weighted by Gasteiger charge is -2.09. The number of thiophene rings is 1. The number of ketones is 1. The normalized spacial score (nSPS) is 13.6. The Morgan fingerprint density at radius 3 is 2.81 bits per heavy atom. The van der Waals surface area contributed by atoms with Gasteiger partial charge >= 0.3 is 0 Å². The van der Waals surface area contributed by atoms with Crippen LogP contribution in [0.2, 0.25) is 0 Å². The van der Waals surface area contributed by atoms with Crippen molar-refractivity contribution in [3.63, 3.8) is 0 Å². The predicted octanol–water partition coefficient (Wildman–Crippen LogP) is 5.37. The van der Waals surface area contributed by atoms with E-state index in [2.05, 4.69) is 48.8 Å². The summed E-state index contributed by atoms with van der Waals surface area (Å²) < 4.78 is 4.43. The number of thioether (sulfide) groups is 1. The maximum atomic E-state index is 13.1. The molecule has 32 heavy (non-hydrogen) atoms. The van der Waals surface area contributed by atoms with Gasteiger partial charge < -0.3 is 4.57 Å². The summed E-state index contributed by atoms with van der Waals surface area (Å²) in [5.74, 6) is 1.33. The SMILES string of the molecule is Cc1cc(C(=O)CSc2nnc(-c3cccnc3)n2C2CC2)c(C)n1CCc1cccs1. The molecule has 4 aromatic heterocycles. The van der Waals surface area contributed by atoms with E-state index in [1.807, 2.05) is 31.3 Å². The first-order valence-electron chi connectivity index (χ1n) is 10.8. The monoisotopic (exact) mass is 463 g/mol. The number of pyridine rings is 1. The summed E-state index contributed by atoms with van der Waals surface area (Å²) in [4.78, 5) is 18.7. The summed E-state index contributed by atoms with van der Waals surface area (Å²) in [6.45, 7) is 5.02. The number of aryl methyl sites for hydroxylation is 2. The van der Waals surface area contributed by atoms with E-state index in [4.69, 9.17) is 0 Å². The van der Waals surface area contributed by atoms with Crippen LogP contribution in [0.3, 0.4) is 0 Å². The second-order valence-electron chi connectivity index (χ2n) is 8.13. The summed E-state index contributed by atoms with van der Waals surface area (Å²) in [5, 5.41) is 11.8. The van der Waals surface area contributed by atoms with Crippen LogP contribution in [-0.2, 0) is 13.0 Å². The standard InChI is InChI=1S/C24H25N5OS2/c1-16-13-21(17(2)28(16)11-9-20-6-4-12-31-20)22(30)15-32-24-27-26-23(29(24)19-7-8-19)18-5-3-10-25-14-18/h3-6,10,12-14,19H,7-9,11,15H2,1-2H3. The van der Waals surface area contributed by atoms with Crippen molar-refractivity contribution in [1.29, 1.82) is 0 Å². The largest absolute Gasteiger partial charge is 0.348 e. The van der Waals surface area contributed by atoms with Crippen molar-refractivity contribution in [3.8, 4) is 11.4 Å². The topological polar surface area (TPSA) is 65.6 Å². The van der Waals surface area contributed by atoms with Crippen LogP contribution in [0.25, 0.3) is 11.4 Å². The van der Waals surface area contributed by atoms with Crippen LogP contribution in [0.15, 0.2) is 53.3 Å². The summed E-state index contributed by atoms with van der Waals surface area (Å²) in [6, 6.07) is 10.6. The number of rotatable bonds is 9. The Morgan fingerprint density at radius 2 is 2.09 bits per heavy atom. The number of aromatic nitrogens is 5. The first-order chi connectivity index (χ1) is 15.6. The molecule has 0 amide bonds. The molecular weight excluding hydrogens is 438 g/mol. The van der Waals surface area contributed by atoms with E-state index in [9.17, 15) is 4.79 Å². The fraction of sp³-hybridized carbons (Fsp3) is 0.333. The molecule has 1 fully saturated rings. The average molecular weight is 464 g/mol. The molecule has 5 rings (SSSR count). The molecule has 0 atom stereocenters. The number of carbonyl (C=O) groups excluding carboxylic acids is 1. The minimum absolute atomic E-state index is 0.138. The van der Waals surface area contributed by atoms with Gasteiger partial charge in [-0.2, -0.15) is 0 Å². The van der Waals surface area contributed by atoms with Crippen molar-refractivity contribution in [1.82, 2.24) is 24.3 Å². The van der Waals surface area contributed by atoms with E-state index in [-0.39, 0.29) is 5.78 Å². The van der Waals surface area contributed by atoms with Crippen molar-refractivity contribution >= 4 is 28.9 Å². The number of Topliss-reactive ketones (excluding diaryl/α,β-unsaturated/α-hetero) is 1. The fourth-order valence-corrected chi connectivity index (χ4v) is 5.63. The van der Waals surface area contributed by atoms with Crippen molar-refractivity contribution in [2.75, 3.05) is 5.75 Å². The molecule has 0 aliphatic heterocycles. The van der Waals surface area contributed by atoms with Crippen LogP contribution < -0.4 is 0 Å². The third-order valence-corrected chi connectivity index (χ3v) is 7.74. The van der Waals surface area contributed by atoms with Crippen LogP contribution in [0.5, 0.6) is 0 Å². The minimum atomic E-state index is 0.138. The second-order valence-corrected chi connectivity index (χ2v) is 10.1. The van der Waals surface area contributed by atoms with Gasteiger partial charge in [0.1, 0.15) is 0 Å². The smallest absolute Gasteiger partial charge is 0.192 e. The molecule has 6 nitrogen and oxygen atoms in total. The van der Waals surface area contributed by atoms with E-state index in [1.165, 1.54) is 16.6 Å². The Bertz CT molecular complexity index is 1220. The van der Waals surface area contributed by atoms with Gasteiger partial charge in [0.2, 0.25) is 0 Å². The van der Waals surface area contributed by atoms with Gasteiger partial charge in [-0.15, -0.1) is 21.5 Å². The molecule has 4 heterocycles. The summed E-state index contributed by atoms with van der Waals surface area (Å²) in [6.07, 6.45) is 6.80. The highest BCUT2D eigenvalue weighted by Gasteiger charge is 2.30. The zero-order valence-corrected chi connectivity index (χ0v) is 19.8. The van der Waals surface area contributed by atoms with Gasteiger partial charge in [0.25, 0.3) is 0 Å². The van der Waals surface area contributed by atoms with E-state index >= 15 is 0 Å². The van der Waals surface area contributed by atoms with Gasteiger partial charge in [-0.3, -0.25) is 14.3 Å². The number of nitrogens with zero attached hydrogens (tertiary/aromatic N) is 5. The lowest BCUT2D eigenvalue weighted by molar-refractivity contribution is 0.102. The Labute approximate surface area is 195 Å².